The molecule has 0 aliphatic heterocycles. The summed E-state index contributed by atoms with van der Waals surface area (Å²) in [6.07, 6.45) is 4.45. The van der Waals surface area contributed by atoms with Gasteiger partial charge in [0.1, 0.15) is 11.4 Å². The lowest BCUT2D eigenvalue weighted by Crippen LogP contribution is -2.33. The molecule has 1 aromatic heterocycles. The molecule has 1 amide bonds. The molecule has 1 fully saturated rings. The summed E-state index contributed by atoms with van der Waals surface area (Å²) in [6, 6.07) is 6.76. The van der Waals surface area contributed by atoms with Crippen LogP contribution in [0.25, 0.3) is 0 Å². The van der Waals surface area contributed by atoms with Gasteiger partial charge in [0.25, 0.3) is 5.91 Å². The Hall–Kier alpha value is -2.96. The van der Waals surface area contributed by atoms with Gasteiger partial charge in [0, 0.05) is 13.1 Å². The highest BCUT2D eigenvalue weighted by Crippen LogP contribution is 2.30. The van der Waals surface area contributed by atoms with E-state index >= 15 is 0 Å². The average Bonchev–Trinajstić information content (AvgIpc) is 3.38. The lowest BCUT2D eigenvalue weighted by Gasteiger charge is -2.22. The van der Waals surface area contributed by atoms with E-state index in [1.807, 2.05) is 6.07 Å². The highest BCUT2D eigenvalue weighted by atomic mass is 16.4. The molecule has 1 aromatic carbocycles. The van der Waals surface area contributed by atoms with Crippen molar-refractivity contribution in [3.05, 3.63) is 53.6 Å². The van der Waals surface area contributed by atoms with Crippen LogP contribution in [0.5, 0.6) is 5.75 Å². The highest BCUT2D eigenvalue weighted by Gasteiger charge is 2.28. The van der Waals surface area contributed by atoms with Crippen LogP contribution in [0.2, 0.25) is 0 Å². The number of rotatable bonds is 6. The van der Waals surface area contributed by atoms with Crippen LogP contribution in [0.4, 0.5) is 0 Å². The first-order valence-electron chi connectivity index (χ1n) is 7.65. The van der Waals surface area contributed by atoms with E-state index in [1.165, 1.54) is 6.20 Å². The Morgan fingerprint density at radius 2 is 1.88 bits per heavy atom. The minimum Gasteiger partial charge on any atom is -0.508 e. The van der Waals surface area contributed by atoms with Gasteiger partial charge < -0.3 is 15.1 Å². The summed E-state index contributed by atoms with van der Waals surface area (Å²) >= 11 is 0. The molecular weight excluding hydrogens is 310 g/mol. The Morgan fingerprint density at radius 3 is 2.46 bits per heavy atom. The van der Waals surface area contributed by atoms with Gasteiger partial charge in [-0.2, -0.15) is 0 Å². The Kier molecular flexibility index (Phi) is 4.41. The van der Waals surface area contributed by atoms with Gasteiger partial charge in [-0.3, -0.25) is 4.79 Å². The number of aromatic carboxylic acids is 1. The molecule has 7 heteroatoms. The molecule has 1 aliphatic rings. The molecule has 1 saturated carbocycles. The van der Waals surface area contributed by atoms with E-state index in [-0.39, 0.29) is 23.0 Å². The first kappa shape index (κ1) is 15.9. The maximum Gasteiger partial charge on any atom is 0.356 e. The number of carboxylic acids is 1. The second kappa shape index (κ2) is 6.66. The molecule has 1 heterocycles. The molecule has 7 nitrogen and oxygen atoms in total. The van der Waals surface area contributed by atoms with E-state index in [2.05, 4.69) is 9.97 Å². The van der Waals surface area contributed by atoms with Crippen LogP contribution in [-0.4, -0.2) is 43.5 Å². The van der Waals surface area contributed by atoms with Crippen molar-refractivity contribution in [3.8, 4) is 5.75 Å². The predicted molar refractivity (Wildman–Crippen MR) is 84.6 cm³/mol. The van der Waals surface area contributed by atoms with E-state index in [0.717, 1.165) is 24.6 Å². The standard InChI is InChI=1S/C17H17N3O4/c21-13-3-1-2-12(6-13)10-20(9-11-4-5-11)16(22)14-7-19-15(8-18-14)17(23)24/h1-3,6-8,11,21H,4-5,9-10H2,(H,23,24). The Balaban J connectivity index is 1.79. The maximum atomic E-state index is 12.7. The molecular formula is C17H17N3O4. The minimum atomic E-state index is -1.18. The maximum absolute atomic E-state index is 12.7. The van der Waals surface area contributed by atoms with E-state index in [0.29, 0.717) is 19.0 Å². The third-order valence-electron chi connectivity index (χ3n) is 3.84. The Labute approximate surface area is 138 Å². The summed E-state index contributed by atoms with van der Waals surface area (Å²) < 4.78 is 0. The zero-order chi connectivity index (χ0) is 17.1. The number of carboxylic acid groups (broad SMARTS) is 1. The highest BCUT2D eigenvalue weighted by molar-refractivity contribution is 5.92. The van der Waals surface area contributed by atoms with Crippen LogP contribution in [0.3, 0.4) is 0 Å². The van der Waals surface area contributed by atoms with Crippen molar-refractivity contribution < 1.29 is 19.8 Å². The first-order valence-corrected chi connectivity index (χ1v) is 7.65. The fourth-order valence-corrected chi connectivity index (χ4v) is 2.42. The number of benzene rings is 1. The topological polar surface area (TPSA) is 104 Å². The smallest absolute Gasteiger partial charge is 0.356 e. The van der Waals surface area contributed by atoms with Gasteiger partial charge in [-0.05, 0) is 36.5 Å². The summed E-state index contributed by atoms with van der Waals surface area (Å²) in [7, 11) is 0. The van der Waals surface area contributed by atoms with Crippen LogP contribution in [0.1, 0.15) is 39.4 Å². The number of aromatic hydroxyl groups is 1. The molecule has 0 unspecified atom stereocenters. The SMILES string of the molecule is O=C(O)c1cnc(C(=O)N(Cc2cccc(O)c2)CC2CC2)cn1. The zero-order valence-electron chi connectivity index (χ0n) is 12.9. The van der Waals surface area contributed by atoms with Crippen LogP contribution in [0.15, 0.2) is 36.7 Å². The zero-order valence-corrected chi connectivity index (χ0v) is 12.9. The third-order valence-corrected chi connectivity index (χ3v) is 3.84. The first-order chi connectivity index (χ1) is 11.5. The minimum absolute atomic E-state index is 0.112. The van der Waals surface area contributed by atoms with Crippen molar-refractivity contribution >= 4 is 11.9 Å². The lowest BCUT2D eigenvalue weighted by atomic mass is 10.2. The molecule has 0 saturated heterocycles. The van der Waals surface area contributed by atoms with Gasteiger partial charge in [-0.1, -0.05) is 12.1 Å². The second-order valence-electron chi connectivity index (χ2n) is 5.89. The van der Waals surface area contributed by atoms with Crippen molar-refractivity contribution in [1.82, 2.24) is 14.9 Å². The molecule has 3 rings (SSSR count). The molecule has 2 N–H and O–H groups in total. The van der Waals surface area contributed by atoms with Gasteiger partial charge >= 0.3 is 5.97 Å². The number of phenolic OH excluding ortho intramolecular Hbond substituents is 1. The van der Waals surface area contributed by atoms with Crippen LogP contribution in [0, 0.1) is 5.92 Å². The van der Waals surface area contributed by atoms with Crippen LogP contribution < -0.4 is 0 Å². The summed E-state index contributed by atoms with van der Waals surface area (Å²) in [5.74, 6) is -0.847. The monoisotopic (exact) mass is 327 g/mol. The summed E-state index contributed by atoms with van der Waals surface area (Å²) in [5.41, 5.74) is 0.730. The third kappa shape index (κ3) is 3.87. The summed E-state index contributed by atoms with van der Waals surface area (Å²) in [4.78, 5) is 32.8. The number of amides is 1. The van der Waals surface area contributed by atoms with Crippen molar-refractivity contribution in [2.45, 2.75) is 19.4 Å². The quantitative estimate of drug-likeness (QED) is 0.840. The molecule has 24 heavy (non-hydrogen) atoms. The van der Waals surface area contributed by atoms with Gasteiger partial charge in [0.15, 0.2) is 5.69 Å². The molecule has 124 valence electrons. The van der Waals surface area contributed by atoms with E-state index in [1.54, 1.807) is 23.1 Å². The van der Waals surface area contributed by atoms with Crippen molar-refractivity contribution in [1.29, 1.82) is 0 Å². The van der Waals surface area contributed by atoms with Gasteiger partial charge in [0.05, 0.1) is 12.4 Å². The average molecular weight is 327 g/mol. The van der Waals surface area contributed by atoms with Crippen LogP contribution in [-0.2, 0) is 6.54 Å². The van der Waals surface area contributed by atoms with E-state index in [4.69, 9.17) is 5.11 Å². The number of aromatic nitrogens is 2. The number of nitrogens with zero attached hydrogens (tertiary/aromatic N) is 3. The largest absolute Gasteiger partial charge is 0.508 e. The Bertz CT molecular complexity index is 757. The number of hydrogen-bond donors (Lipinski definition) is 2. The molecule has 0 atom stereocenters. The number of hydrogen-bond acceptors (Lipinski definition) is 5. The molecule has 0 radical (unpaired) electrons. The van der Waals surface area contributed by atoms with E-state index in [9.17, 15) is 14.7 Å². The molecule has 1 aliphatic carbocycles. The van der Waals surface area contributed by atoms with Crippen molar-refractivity contribution in [2.75, 3.05) is 6.54 Å². The van der Waals surface area contributed by atoms with Crippen LogP contribution >= 0.6 is 0 Å². The summed E-state index contributed by atoms with van der Waals surface area (Å²) in [6.45, 7) is 0.961. The molecule has 0 bridgehead atoms. The van der Waals surface area contributed by atoms with Gasteiger partial charge in [0.2, 0.25) is 0 Å². The van der Waals surface area contributed by atoms with E-state index < -0.39 is 5.97 Å². The fourth-order valence-electron chi connectivity index (χ4n) is 2.42. The summed E-state index contributed by atoms with van der Waals surface area (Å²) in [5, 5.41) is 18.4. The number of phenols is 1. The Morgan fingerprint density at radius 1 is 1.17 bits per heavy atom. The second-order valence-corrected chi connectivity index (χ2v) is 5.89. The van der Waals surface area contributed by atoms with Gasteiger partial charge in [-0.15, -0.1) is 0 Å². The van der Waals surface area contributed by atoms with Crippen molar-refractivity contribution in [2.24, 2.45) is 5.92 Å². The molecule has 2 aromatic rings. The number of carbonyl (C=O) groups is 2. The van der Waals surface area contributed by atoms with Gasteiger partial charge in [-0.25, -0.2) is 14.8 Å². The normalized spacial score (nSPS) is 13.5. The molecule has 0 spiro atoms. The lowest BCUT2D eigenvalue weighted by molar-refractivity contribution is 0.0683. The van der Waals surface area contributed by atoms with Crippen molar-refractivity contribution in [3.63, 3.8) is 0 Å². The fraction of sp³-hybridized carbons (Fsp3) is 0.294. The predicted octanol–water partition coefficient (Wildman–Crippen LogP) is 1.93. The number of carbonyl (C=O) groups excluding carboxylic acids is 1.